The molecule has 0 heterocycles. The summed E-state index contributed by atoms with van der Waals surface area (Å²) in [4.78, 5) is 0.150. The van der Waals surface area contributed by atoms with Gasteiger partial charge in [0, 0.05) is 18.3 Å². The maximum absolute atomic E-state index is 12.0. The molecule has 0 atom stereocenters. The first-order valence-electron chi connectivity index (χ1n) is 5.76. The van der Waals surface area contributed by atoms with Gasteiger partial charge in [0.15, 0.2) is 9.84 Å². The van der Waals surface area contributed by atoms with Crippen molar-refractivity contribution in [3.8, 4) is 0 Å². The highest BCUT2D eigenvalue weighted by Crippen LogP contribution is 2.21. The summed E-state index contributed by atoms with van der Waals surface area (Å²) < 4.78 is 49.1. The van der Waals surface area contributed by atoms with E-state index in [4.69, 9.17) is 5.73 Å². The van der Waals surface area contributed by atoms with Gasteiger partial charge in [-0.3, -0.25) is 0 Å². The Morgan fingerprint density at radius 1 is 1.05 bits per heavy atom. The maximum atomic E-state index is 12.0. The van der Waals surface area contributed by atoms with Crippen molar-refractivity contribution in [2.45, 2.75) is 34.7 Å². The van der Waals surface area contributed by atoms with E-state index in [0.717, 1.165) is 6.26 Å². The molecule has 0 unspecified atom stereocenters. The quantitative estimate of drug-likeness (QED) is 0.805. The number of sulfonamides is 1. The number of sulfone groups is 1. The Morgan fingerprint density at radius 2 is 1.53 bits per heavy atom. The van der Waals surface area contributed by atoms with Crippen molar-refractivity contribution in [2.75, 3.05) is 6.26 Å². The van der Waals surface area contributed by atoms with Gasteiger partial charge in [-0.1, -0.05) is 0 Å². The molecule has 19 heavy (non-hydrogen) atoms. The summed E-state index contributed by atoms with van der Waals surface area (Å²) in [6.45, 7) is 0. The van der Waals surface area contributed by atoms with Gasteiger partial charge in [0.05, 0.1) is 9.79 Å². The molecule has 6 nitrogen and oxygen atoms in total. The summed E-state index contributed by atoms with van der Waals surface area (Å²) in [5.41, 5.74) is 5.59. The molecule has 0 aliphatic heterocycles. The van der Waals surface area contributed by atoms with E-state index in [1.165, 1.54) is 24.3 Å². The van der Waals surface area contributed by atoms with E-state index in [9.17, 15) is 16.8 Å². The highest BCUT2D eigenvalue weighted by Gasteiger charge is 2.30. The van der Waals surface area contributed by atoms with Crippen molar-refractivity contribution in [2.24, 2.45) is 5.73 Å². The van der Waals surface area contributed by atoms with Gasteiger partial charge < -0.3 is 5.73 Å². The second-order valence-electron chi connectivity index (χ2n) is 4.79. The van der Waals surface area contributed by atoms with Crippen molar-refractivity contribution >= 4 is 19.9 Å². The Bertz CT molecular complexity index is 659. The molecule has 0 spiro atoms. The summed E-state index contributed by atoms with van der Waals surface area (Å²) in [6.07, 6.45) is 2.33. The smallest absolute Gasteiger partial charge is 0.240 e. The molecule has 106 valence electrons. The summed E-state index contributed by atoms with van der Waals surface area (Å²) >= 11 is 0. The molecule has 0 aromatic heterocycles. The number of rotatable bonds is 4. The van der Waals surface area contributed by atoms with Gasteiger partial charge in [-0.15, -0.1) is 0 Å². The van der Waals surface area contributed by atoms with Crippen molar-refractivity contribution in [1.29, 1.82) is 0 Å². The average molecular weight is 304 g/mol. The van der Waals surface area contributed by atoms with Gasteiger partial charge in [-0.25, -0.2) is 21.6 Å². The zero-order chi connectivity index (χ0) is 14.3. The largest absolute Gasteiger partial charge is 0.328 e. The van der Waals surface area contributed by atoms with Crippen molar-refractivity contribution in [1.82, 2.24) is 4.72 Å². The molecule has 1 aliphatic rings. The van der Waals surface area contributed by atoms with E-state index < -0.39 is 19.9 Å². The van der Waals surface area contributed by atoms with Crippen LogP contribution in [-0.2, 0) is 19.9 Å². The topological polar surface area (TPSA) is 106 Å². The van der Waals surface area contributed by atoms with E-state index in [0.29, 0.717) is 12.8 Å². The predicted molar refractivity (Wildman–Crippen MR) is 70.9 cm³/mol. The second kappa shape index (κ2) is 4.86. The molecule has 3 N–H and O–H groups in total. The normalized spacial score (nSPS) is 23.9. The van der Waals surface area contributed by atoms with Crippen molar-refractivity contribution in [3.63, 3.8) is 0 Å². The third-order valence-electron chi connectivity index (χ3n) is 3.06. The first-order chi connectivity index (χ1) is 8.68. The van der Waals surface area contributed by atoms with Crippen LogP contribution in [0.15, 0.2) is 34.1 Å². The summed E-state index contributed by atoms with van der Waals surface area (Å²) in [6, 6.07) is 5.08. The molecule has 8 heteroatoms. The highest BCUT2D eigenvalue weighted by atomic mass is 32.2. The van der Waals surface area contributed by atoms with Crippen LogP contribution in [-0.4, -0.2) is 35.2 Å². The number of benzene rings is 1. The number of nitrogens with two attached hydrogens (primary N) is 1. The third-order valence-corrected chi connectivity index (χ3v) is 5.72. The molecular weight excluding hydrogens is 288 g/mol. The monoisotopic (exact) mass is 304 g/mol. The van der Waals surface area contributed by atoms with E-state index in [1.54, 1.807) is 0 Å². The van der Waals surface area contributed by atoms with Crippen LogP contribution in [0.1, 0.15) is 12.8 Å². The summed E-state index contributed by atoms with van der Waals surface area (Å²) in [7, 11) is -6.93. The Morgan fingerprint density at radius 3 is 1.95 bits per heavy atom. The first kappa shape index (κ1) is 14.4. The highest BCUT2D eigenvalue weighted by molar-refractivity contribution is 7.90. The van der Waals surface area contributed by atoms with E-state index in [1.807, 2.05) is 0 Å². The van der Waals surface area contributed by atoms with Gasteiger partial charge in [-0.05, 0) is 37.1 Å². The van der Waals surface area contributed by atoms with Crippen LogP contribution >= 0.6 is 0 Å². The number of nitrogens with one attached hydrogen (secondary N) is 1. The molecule has 0 amide bonds. The van der Waals surface area contributed by atoms with Gasteiger partial charge in [0.2, 0.25) is 10.0 Å². The van der Waals surface area contributed by atoms with Gasteiger partial charge >= 0.3 is 0 Å². The lowest BCUT2D eigenvalue weighted by Gasteiger charge is -2.32. The Kier molecular flexibility index (Phi) is 3.69. The van der Waals surface area contributed by atoms with Gasteiger partial charge in [0.25, 0.3) is 0 Å². The van der Waals surface area contributed by atoms with Crippen LogP contribution in [0.2, 0.25) is 0 Å². The van der Waals surface area contributed by atoms with Gasteiger partial charge in [-0.2, -0.15) is 0 Å². The van der Waals surface area contributed by atoms with Crippen LogP contribution < -0.4 is 10.5 Å². The van der Waals surface area contributed by atoms with Gasteiger partial charge in [0.1, 0.15) is 0 Å². The number of hydrogen-bond acceptors (Lipinski definition) is 5. The zero-order valence-electron chi connectivity index (χ0n) is 10.4. The van der Waals surface area contributed by atoms with Crippen LogP contribution in [0.3, 0.4) is 0 Å². The molecule has 0 radical (unpaired) electrons. The lowest BCUT2D eigenvalue weighted by atomic mass is 9.89. The molecule has 1 aromatic rings. The Balaban J connectivity index is 2.17. The lowest BCUT2D eigenvalue weighted by Crippen LogP contribution is -2.50. The molecule has 1 saturated carbocycles. The zero-order valence-corrected chi connectivity index (χ0v) is 12.0. The maximum Gasteiger partial charge on any atom is 0.240 e. The summed E-state index contributed by atoms with van der Waals surface area (Å²) in [5.74, 6) is 0. The SMILES string of the molecule is CS(=O)(=O)c1ccc(S(=O)(=O)NC2CC(N)C2)cc1. The molecular formula is C11H16N2O4S2. The standard InChI is InChI=1S/C11H16N2O4S2/c1-18(14,15)10-2-4-11(5-3-10)19(16,17)13-9-6-8(12)7-9/h2-5,8-9,13H,6-7,12H2,1H3. The van der Waals surface area contributed by atoms with E-state index >= 15 is 0 Å². The fourth-order valence-electron chi connectivity index (χ4n) is 1.91. The Hall–Kier alpha value is -0.960. The lowest BCUT2D eigenvalue weighted by molar-refractivity contribution is 0.327. The molecule has 2 rings (SSSR count). The molecule has 0 saturated heterocycles. The van der Waals surface area contributed by atoms with Crippen LogP contribution in [0.4, 0.5) is 0 Å². The molecule has 1 aliphatic carbocycles. The minimum atomic E-state index is -3.61. The fourth-order valence-corrected chi connectivity index (χ4v) is 3.80. The Labute approximate surface area is 113 Å². The first-order valence-corrected chi connectivity index (χ1v) is 9.14. The van der Waals surface area contributed by atoms with Crippen LogP contribution in [0.5, 0.6) is 0 Å². The van der Waals surface area contributed by atoms with Crippen LogP contribution in [0.25, 0.3) is 0 Å². The molecule has 0 bridgehead atoms. The van der Waals surface area contributed by atoms with Crippen molar-refractivity contribution < 1.29 is 16.8 Å². The second-order valence-corrected chi connectivity index (χ2v) is 8.52. The minimum absolute atomic E-state index is 0.0558. The van der Waals surface area contributed by atoms with Crippen LogP contribution in [0, 0.1) is 0 Å². The van der Waals surface area contributed by atoms with E-state index in [-0.39, 0.29) is 21.9 Å². The minimum Gasteiger partial charge on any atom is -0.328 e. The van der Waals surface area contributed by atoms with E-state index in [2.05, 4.69) is 4.72 Å². The number of hydrogen-bond donors (Lipinski definition) is 2. The summed E-state index contributed by atoms with van der Waals surface area (Å²) in [5, 5.41) is 0. The molecule has 1 fully saturated rings. The average Bonchev–Trinajstić information content (AvgIpc) is 2.26. The fraction of sp³-hybridized carbons (Fsp3) is 0.455. The predicted octanol–water partition coefficient (Wildman–Crippen LogP) is -0.142. The van der Waals surface area contributed by atoms with Crippen molar-refractivity contribution in [3.05, 3.63) is 24.3 Å². The molecule has 1 aromatic carbocycles. The third kappa shape index (κ3) is 3.33.